The van der Waals surface area contributed by atoms with E-state index < -0.39 is 0 Å². The summed E-state index contributed by atoms with van der Waals surface area (Å²) in [6, 6.07) is 8.41. The molecule has 1 atom stereocenters. The molecule has 0 N–H and O–H groups in total. The second kappa shape index (κ2) is 6.36. The van der Waals surface area contributed by atoms with Crippen molar-refractivity contribution in [2.75, 3.05) is 19.6 Å². The number of piperidine rings is 1. The number of fused-ring (bicyclic) bond motifs is 1. The molecule has 6 nitrogen and oxygen atoms in total. The second-order valence-corrected chi connectivity index (χ2v) is 6.73. The van der Waals surface area contributed by atoms with Crippen LogP contribution in [0.3, 0.4) is 0 Å². The van der Waals surface area contributed by atoms with Gasteiger partial charge in [-0.1, -0.05) is 12.1 Å². The van der Waals surface area contributed by atoms with Crippen molar-refractivity contribution in [3.8, 4) is 0 Å². The van der Waals surface area contributed by atoms with Crippen molar-refractivity contribution in [1.29, 1.82) is 0 Å². The van der Waals surface area contributed by atoms with Gasteiger partial charge in [-0.3, -0.25) is 0 Å². The number of benzene rings is 1. The quantitative estimate of drug-likeness (QED) is 0.739. The fraction of sp³-hybridized carbons (Fsp3) is 0.500. The fourth-order valence-corrected chi connectivity index (χ4v) is 3.78. The number of hydrogen-bond donors (Lipinski definition) is 0. The fourth-order valence-electron chi connectivity index (χ4n) is 3.78. The number of hydrogen-bond acceptors (Lipinski definition) is 4. The maximum absolute atomic E-state index is 4.91. The van der Waals surface area contributed by atoms with Crippen LogP contribution in [0.4, 0.5) is 0 Å². The maximum atomic E-state index is 4.91. The average molecular weight is 324 g/mol. The normalized spacial score (nSPS) is 19.2. The molecule has 1 unspecified atom stereocenters. The average Bonchev–Trinajstić information content (AvgIpc) is 3.17. The van der Waals surface area contributed by atoms with E-state index in [2.05, 4.69) is 55.5 Å². The van der Waals surface area contributed by atoms with Gasteiger partial charge in [0.15, 0.2) is 0 Å². The molecule has 0 bridgehead atoms. The Kier molecular flexibility index (Phi) is 4.06. The third kappa shape index (κ3) is 2.82. The zero-order valence-corrected chi connectivity index (χ0v) is 14.4. The first-order chi connectivity index (χ1) is 11.7. The summed E-state index contributed by atoms with van der Waals surface area (Å²) in [5.74, 6) is 2.72. The molecule has 0 amide bonds. The largest absolute Gasteiger partial charge is 0.331 e. The first-order valence-corrected chi connectivity index (χ1v) is 8.70. The van der Waals surface area contributed by atoms with Crippen molar-refractivity contribution in [3.05, 3.63) is 42.2 Å². The number of para-hydroxylation sites is 2. The van der Waals surface area contributed by atoms with Crippen molar-refractivity contribution >= 4 is 11.0 Å². The standard InChI is InChI=1S/C18H24N6/c1-14-21-19-13-24(14)11-10-23-9-5-6-15(12-23)18-20-16-7-3-4-8-17(16)22(18)2/h3-4,7-8,13,15H,5-6,9-12H2,1-2H3. The SMILES string of the molecule is Cc1nncn1CCN1CCCC(c2nc3ccccc3n2C)C1. The number of rotatable bonds is 4. The van der Waals surface area contributed by atoms with E-state index in [1.54, 1.807) is 0 Å². The van der Waals surface area contributed by atoms with Crippen LogP contribution in [0, 0.1) is 6.92 Å². The van der Waals surface area contributed by atoms with Crippen LogP contribution in [0.1, 0.15) is 30.4 Å². The zero-order valence-electron chi connectivity index (χ0n) is 14.4. The van der Waals surface area contributed by atoms with Crippen molar-refractivity contribution < 1.29 is 0 Å². The number of nitrogens with zero attached hydrogens (tertiary/aromatic N) is 6. The van der Waals surface area contributed by atoms with Crippen LogP contribution in [0.25, 0.3) is 11.0 Å². The highest BCUT2D eigenvalue weighted by Crippen LogP contribution is 2.28. The van der Waals surface area contributed by atoms with Gasteiger partial charge in [0.1, 0.15) is 18.0 Å². The highest BCUT2D eigenvalue weighted by Gasteiger charge is 2.25. The van der Waals surface area contributed by atoms with Crippen molar-refractivity contribution in [2.45, 2.75) is 32.2 Å². The maximum Gasteiger partial charge on any atom is 0.129 e. The van der Waals surface area contributed by atoms with E-state index in [1.807, 2.05) is 13.3 Å². The Morgan fingerprint density at radius 3 is 2.88 bits per heavy atom. The van der Waals surface area contributed by atoms with Gasteiger partial charge in [0, 0.05) is 32.6 Å². The molecule has 24 heavy (non-hydrogen) atoms. The molecule has 1 saturated heterocycles. The van der Waals surface area contributed by atoms with E-state index in [1.165, 1.54) is 30.7 Å². The number of aromatic nitrogens is 5. The Hall–Kier alpha value is -2.21. The third-order valence-electron chi connectivity index (χ3n) is 5.16. The van der Waals surface area contributed by atoms with Crippen LogP contribution in [0.2, 0.25) is 0 Å². The zero-order chi connectivity index (χ0) is 16.5. The molecule has 3 heterocycles. The number of likely N-dealkylation sites (tertiary alicyclic amines) is 1. The van der Waals surface area contributed by atoms with Crippen LogP contribution >= 0.6 is 0 Å². The molecule has 0 radical (unpaired) electrons. The first-order valence-electron chi connectivity index (χ1n) is 8.70. The second-order valence-electron chi connectivity index (χ2n) is 6.73. The molecule has 1 aliphatic heterocycles. The van der Waals surface area contributed by atoms with Gasteiger partial charge >= 0.3 is 0 Å². The summed E-state index contributed by atoms with van der Waals surface area (Å²) in [5.41, 5.74) is 2.33. The van der Waals surface area contributed by atoms with Crippen molar-refractivity contribution in [1.82, 2.24) is 29.2 Å². The summed E-state index contributed by atoms with van der Waals surface area (Å²) in [4.78, 5) is 7.45. The van der Waals surface area contributed by atoms with Crippen LogP contribution < -0.4 is 0 Å². The van der Waals surface area contributed by atoms with Gasteiger partial charge in [-0.15, -0.1) is 10.2 Å². The Bertz CT molecular complexity index is 833. The first kappa shape index (κ1) is 15.3. The molecule has 1 fully saturated rings. The molecule has 2 aromatic heterocycles. The molecule has 0 spiro atoms. The van der Waals surface area contributed by atoms with Gasteiger partial charge in [-0.25, -0.2) is 4.98 Å². The van der Waals surface area contributed by atoms with Crippen LogP contribution in [0.15, 0.2) is 30.6 Å². The molecular weight excluding hydrogens is 300 g/mol. The third-order valence-corrected chi connectivity index (χ3v) is 5.16. The van der Waals surface area contributed by atoms with Crippen LogP contribution in [-0.4, -0.2) is 48.8 Å². The molecule has 0 aliphatic carbocycles. The van der Waals surface area contributed by atoms with Gasteiger partial charge in [0.25, 0.3) is 0 Å². The number of imidazole rings is 1. The van der Waals surface area contributed by atoms with Crippen LogP contribution in [0.5, 0.6) is 0 Å². The van der Waals surface area contributed by atoms with E-state index in [0.717, 1.165) is 31.0 Å². The summed E-state index contributed by atoms with van der Waals surface area (Å²) < 4.78 is 4.39. The molecule has 1 aliphatic rings. The minimum atomic E-state index is 0.512. The van der Waals surface area contributed by atoms with Gasteiger partial charge in [0.05, 0.1) is 11.0 Å². The van der Waals surface area contributed by atoms with Crippen molar-refractivity contribution in [2.24, 2.45) is 7.05 Å². The predicted octanol–water partition coefficient (Wildman–Crippen LogP) is 2.35. The summed E-state index contributed by atoms with van der Waals surface area (Å²) in [5, 5.41) is 8.02. The smallest absolute Gasteiger partial charge is 0.129 e. The molecule has 1 aromatic carbocycles. The van der Waals surface area contributed by atoms with E-state index in [9.17, 15) is 0 Å². The van der Waals surface area contributed by atoms with Gasteiger partial charge in [0.2, 0.25) is 0 Å². The summed E-state index contributed by atoms with van der Waals surface area (Å²) in [7, 11) is 2.14. The van der Waals surface area contributed by atoms with E-state index >= 15 is 0 Å². The topological polar surface area (TPSA) is 51.8 Å². The predicted molar refractivity (Wildman–Crippen MR) is 93.9 cm³/mol. The van der Waals surface area contributed by atoms with Crippen LogP contribution in [-0.2, 0) is 13.6 Å². The lowest BCUT2D eigenvalue weighted by Gasteiger charge is -2.32. The Morgan fingerprint density at radius 1 is 1.21 bits per heavy atom. The van der Waals surface area contributed by atoms with Gasteiger partial charge in [-0.05, 0) is 38.4 Å². The Balaban J connectivity index is 1.48. The Labute approximate surface area is 142 Å². The molecule has 3 aromatic rings. The Morgan fingerprint density at radius 2 is 2.08 bits per heavy atom. The molecule has 126 valence electrons. The van der Waals surface area contributed by atoms with E-state index in [4.69, 9.17) is 4.98 Å². The van der Waals surface area contributed by atoms with Gasteiger partial charge < -0.3 is 14.0 Å². The highest BCUT2D eigenvalue weighted by atomic mass is 15.3. The van der Waals surface area contributed by atoms with E-state index in [0.29, 0.717) is 5.92 Å². The minimum Gasteiger partial charge on any atom is -0.331 e. The molecular formula is C18H24N6. The molecule has 0 saturated carbocycles. The molecule has 6 heteroatoms. The van der Waals surface area contributed by atoms with Crippen molar-refractivity contribution in [3.63, 3.8) is 0 Å². The lowest BCUT2D eigenvalue weighted by Crippen LogP contribution is -2.37. The lowest BCUT2D eigenvalue weighted by atomic mass is 9.97. The monoisotopic (exact) mass is 324 g/mol. The summed E-state index contributed by atoms with van der Waals surface area (Å²) >= 11 is 0. The number of aryl methyl sites for hydroxylation is 2. The summed E-state index contributed by atoms with van der Waals surface area (Å²) in [6.45, 7) is 6.25. The van der Waals surface area contributed by atoms with Gasteiger partial charge in [-0.2, -0.15) is 0 Å². The minimum absolute atomic E-state index is 0.512. The molecule has 4 rings (SSSR count). The lowest BCUT2D eigenvalue weighted by molar-refractivity contribution is 0.196. The van der Waals surface area contributed by atoms with E-state index in [-0.39, 0.29) is 0 Å². The summed E-state index contributed by atoms with van der Waals surface area (Å²) in [6.07, 6.45) is 4.27. The highest BCUT2D eigenvalue weighted by molar-refractivity contribution is 5.75.